The zero-order valence-electron chi connectivity index (χ0n) is 6.28. The lowest BCUT2D eigenvalue weighted by molar-refractivity contribution is -0.777. The van der Waals surface area contributed by atoms with Gasteiger partial charge in [-0.05, 0) is 12.8 Å². The number of hydrogen-bond donors (Lipinski definition) is 1. The van der Waals surface area contributed by atoms with Crippen LogP contribution in [0, 0.1) is 10.1 Å². The first-order valence-electron chi connectivity index (χ1n) is 3.86. The molecule has 64 valence electrons. The molecule has 0 atom stereocenters. The molecule has 0 amide bonds. The maximum atomic E-state index is 9.76. The zero-order valence-corrected chi connectivity index (χ0v) is 6.28. The standard InChI is InChI=1S/C6H12N2O3/c9-8(10)11-7-6-4-2-1-3-5-6/h6-7H,1-5H2. The predicted octanol–water partition coefficient (Wildman–Crippen LogP) is 1.03. The average molecular weight is 160 g/mol. The van der Waals surface area contributed by atoms with Gasteiger partial charge in [-0.15, -0.1) is 10.1 Å². The highest BCUT2D eigenvalue weighted by Crippen LogP contribution is 2.16. The summed E-state index contributed by atoms with van der Waals surface area (Å²) < 4.78 is 0. The van der Waals surface area contributed by atoms with Crippen LogP contribution in [0.3, 0.4) is 0 Å². The van der Waals surface area contributed by atoms with E-state index in [2.05, 4.69) is 10.4 Å². The van der Waals surface area contributed by atoms with Crippen LogP contribution < -0.4 is 5.48 Å². The van der Waals surface area contributed by atoms with Crippen LogP contribution in [0.4, 0.5) is 0 Å². The van der Waals surface area contributed by atoms with E-state index in [-0.39, 0.29) is 6.04 Å². The third-order valence-corrected chi connectivity index (χ3v) is 1.90. The monoisotopic (exact) mass is 160 g/mol. The third kappa shape index (κ3) is 3.18. The second-order valence-corrected chi connectivity index (χ2v) is 2.77. The van der Waals surface area contributed by atoms with Crippen molar-refractivity contribution >= 4 is 0 Å². The first-order valence-corrected chi connectivity index (χ1v) is 3.86. The second kappa shape index (κ2) is 4.12. The van der Waals surface area contributed by atoms with Gasteiger partial charge in [0.2, 0.25) is 0 Å². The van der Waals surface area contributed by atoms with E-state index in [9.17, 15) is 10.1 Å². The molecule has 11 heavy (non-hydrogen) atoms. The molecule has 0 spiro atoms. The van der Waals surface area contributed by atoms with Gasteiger partial charge in [-0.3, -0.25) is 0 Å². The number of rotatable bonds is 3. The Bertz CT molecular complexity index is 134. The Morgan fingerprint density at radius 3 is 2.55 bits per heavy atom. The number of nitrogens with one attached hydrogen (secondary N) is 1. The third-order valence-electron chi connectivity index (χ3n) is 1.90. The molecule has 1 rings (SSSR count). The van der Waals surface area contributed by atoms with Gasteiger partial charge in [-0.25, -0.2) is 4.94 Å². The Balaban J connectivity index is 2.09. The molecule has 0 aromatic heterocycles. The molecule has 1 fully saturated rings. The fourth-order valence-electron chi connectivity index (χ4n) is 1.34. The molecule has 0 aromatic carbocycles. The fourth-order valence-corrected chi connectivity index (χ4v) is 1.34. The van der Waals surface area contributed by atoms with Gasteiger partial charge in [-0.2, -0.15) is 5.48 Å². The molecular formula is C6H12N2O3. The van der Waals surface area contributed by atoms with Crippen molar-refractivity contribution in [2.45, 2.75) is 38.1 Å². The van der Waals surface area contributed by atoms with Crippen LogP contribution in [0.1, 0.15) is 32.1 Å². The maximum Gasteiger partial charge on any atom is 0.311 e. The SMILES string of the molecule is O=[N+]([O-])ONC1CCCCC1. The molecule has 5 nitrogen and oxygen atoms in total. The summed E-state index contributed by atoms with van der Waals surface area (Å²) in [6.45, 7) is 0. The normalized spacial score (nSPS) is 19.6. The lowest BCUT2D eigenvalue weighted by atomic mass is 9.96. The molecule has 1 N–H and O–H groups in total. The van der Waals surface area contributed by atoms with Crippen LogP contribution in [0.5, 0.6) is 0 Å². The van der Waals surface area contributed by atoms with Gasteiger partial charge in [-0.1, -0.05) is 19.3 Å². The Morgan fingerprint density at radius 2 is 2.00 bits per heavy atom. The van der Waals surface area contributed by atoms with Gasteiger partial charge in [0.15, 0.2) is 0 Å². The number of hydroxylamine groups is 1. The van der Waals surface area contributed by atoms with E-state index < -0.39 is 5.09 Å². The van der Waals surface area contributed by atoms with Crippen molar-refractivity contribution in [1.82, 2.24) is 5.48 Å². The molecule has 5 heteroatoms. The summed E-state index contributed by atoms with van der Waals surface area (Å²) in [5.74, 6) is 0. The average Bonchev–Trinajstić information content (AvgIpc) is 2.03. The summed E-state index contributed by atoms with van der Waals surface area (Å²) >= 11 is 0. The second-order valence-electron chi connectivity index (χ2n) is 2.77. The molecule has 0 aromatic rings. The molecule has 1 aliphatic carbocycles. The maximum absolute atomic E-state index is 9.76. The number of nitrogens with zero attached hydrogens (tertiary/aromatic N) is 1. The van der Waals surface area contributed by atoms with Gasteiger partial charge in [0.1, 0.15) is 0 Å². The van der Waals surface area contributed by atoms with Gasteiger partial charge in [0, 0.05) is 6.04 Å². The van der Waals surface area contributed by atoms with E-state index in [4.69, 9.17) is 0 Å². The van der Waals surface area contributed by atoms with Crippen molar-refractivity contribution in [3.8, 4) is 0 Å². The Labute approximate surface area is 64.8 Å². The van der Waals surface area contributed by atoms with Gasteiger partial charge in [0.25, 0.3) is 0 Å². The largest absolute Gasteiger partial charge is 0.311 e. The van der Waals surface area contributed by atoms with Crippen molar-refractivity contribution in [3.63, 3.8) is 0 Å². The molecule has 0 radical (unpaired) electrons. The Morgan fingerprint density at radius 1 is 1.36 bits per heavy atom. The van der Waals surface area contributed by atoms with E-state index in [1.165, 1.54) is 6.42 Å². The summed E-state index contributed by atoms with van der Waals surface area (Å²) in [7, 11) is 0. The lowest BCUT2D eigenvalue weighted by Gasteiger charge is -2.20. The predicted molar refractivity (Wildman–Crippen MR) is 38.1 cm³/mol. The van der Waals surface area contributed by atoms with Crippen LogP contribution in [0.25, 0.3) is 0 Å². The lowest BCUT2D eigenvalue weighted by Crippen LogP contribution is -2.32. The topological polar surface area (TPSA) is 64.4 Å². The van der Waals surface area contributed by atoms with Crippen molar-refractivity contribution < 1.29 is 10.0 Å². The van der Waals surface area contributed by atoms with Crippen LogP contribution in [-0.2, 0) is 4.94 Å². The van der Waals surface area contributed by atoms with E-state index in [1.807, 2.05) is 0 Å². The smallest absolute Gasteiger partial charge is 0.220 e. The molecule has 1 saturated carbocycles. The molecule has 0 aliphatic heterocycles. The highest BCUT2D eigenvalue weighted by Gasteiger charge is 2.13. The fraction of sp³-hybridized carbons (Fsp3) is 1.00. The van der Waals surface area contributed by atoms with Crippen molar-refractivity contribution in [3.05, 3.63) is 10.1 Å². The van der Waals surface area contributed by atoms with Crippen LogP contribution in [-0.4, -0.2) is 11.1 Å². The van der Waals surface area contributed by atoms with Crippen LogP contribution >= 0.6 is 0 Å². The Kier molecular flexibility index (Phi) is 3.10. The van der Waals surface area contributed by atoms with Gasteiger partial charge < -0.3 is 0 Å². The van der Waals surface area contributed by atoms with E-state index in [0.717, 1.165) is 25.7 Å². The van der Waals surface area contributed by atoms with Gasteiger partial charge in [0.05, 0.1) is 0 Å². The minimum Gasteiger partial charge on any atom is -0.220 e. The highest BCUT2D eigenvalue weighted by atomic mass is 17.0. The first kappa shape index (κ1) is 8.26. The van der Waals surface area contributed by atoms with E-state index in [0.29, 0.717) is 0 Å². The molecule has 0 heterocycles. The summed E-state index contributed by atoms with van der Waals surface area (Å²) in [4.78, 5) is 13.8. The van der Waals surface area contributed by atoms with Crippen LogP contribution in [0.2, 0.25) is 0 Å². The number of hydrogen-bond acceptors (Lipinski definition) is 4. The summed E-state index contributed by atoms with van der Waals surface area (Å²) in [5, 5.41) is 8.95. The summed E-state index contributed by atoms with van der Waals surface area (Å²) in [6, 6.07) is 0.175. The summed E-state index contributed by atoms with van der Waals surface area (Å²) in [6.07, 6.45) is 5.47. The quantitative estimate of drug-likeness (QED) is 0.494. The minimum absolute atomic E-state index is 0.175. The highest BCUT2D eigenvalue weighted by molar-refractivity contribution is 4.67. The van der Waals surface area contributed by atoms with Crippen molar-refractivity contribution in [1.29, 1.82) is 0 Å². The van der Waals surface area contributed by atoms with E-state index in [1.54, 1.807) is 0 Å². The molecule has 0 unspecified atom stereocenters. The summed E-state index contributed by atoms with van der Waals surface area (Å²) in [5.41, 5.74) is 2.42. The molecule has 0 saturated heterocycles. The molecule has 0 bridgehead atoms. The van der Waals surface area contributed by atoms with Crippen LogP contribution in [0.15, 0.2) is 0 Å². The zero-order chi connectivity index (χ0) is 8.10. The molecular weight excluding hydrogens is 148 g/mol. The van der Waals surface area contributed by atoms with Gasteiger partial charge >= 0.3 is 5.09 Å². The van der Waals surface area contributed by atoms with Crippen molar-refractivity contribution in [2.24, 2.45) is 0 Å². The van der Waals surface area contributed by atoms with E-state index >= 15 is 0 Å². The Hall–Kier alpha value is -0.840. The van der Waals surface area contributed by atoms with Crippen molar-refractivity contribution in [2.75, 3.05) is 0 Å². The molecule has 1 aliphatic rings. The first-order chi connectivity index (χ1) is 5.29. The minimum atomic E-state index is -0.811.